The molecule has 0 spiro atoms. The summed E-state index contributed by atoms with van der Waals surface area (Å²) in [7, 11) is 1.87. The number of halogens is 2. The lowest BCUT2D eigenvalue weighted by Crippen LogP contribution is -2.46. The monoisotopic (exact) mass is 272 g/mol. The van der Waals surface area contributed by atoms with E-state index in [1.54, 1.807) is 6.33 Å². The van der Waals surface area contributed by atoms with E-state index in [1.807, 2.05) is 17.8 Å². The smallest absolute Gasteiger partial charge is 0.317 e. The van der Waals surface area contributed by atoms with Crippen LogP contribution >= 0.6 is 0 Å². The van der Waals surface area contributed by atoms with Gasteiger partial charge in [0.1, 0.15) is 0 Å². The molecular formula is C12H18F2N4O. The van der Waals surface area contributed by atoms with Gasteiger partial charge in [-0.05, 0) is 12.8 Å². The van der Waals surface area contributed by atoms with E-state index >= 15 is 0 Å². The number of hydrogen-bond donors (Lipinski definition) is 1. The van der Waals surface area contributed by atoms with E-state index in [0.29, 0.717) is 32.4 Å². The molecule has 1 aromatic heterocycles. The van der Waals surface area contributed by atoms with Crippen molar-refractivity contribution in [3.8, 4) is 0 Å². The second kappa shape index (κ2) is 5.99. The fourth-order valence-corrected chi connectivity index (χ4v) is 2.30. The second-order valence-electron chi connectivity index (χ2n) is 4.75. The molecule has 0 aliphatic carbocycles. The normalized spacial score (nSPS) is 19.2. The summed E-state index contributed by atoms with van der Waals surface area (Å²) in [5.41, 5.74) is 0.870. The maximum atomic E-state index is 12.7. The van der Waals surface area contributed by atoms with Gasteiger partial charge >= 0.3 is 6.03 Å². The van der Waals surface area contributed by atoms with Gasteiger partial charge in [-0.2, -0.15) is 0 Å². The quantitative estimate of drug-likeness (QED) is 0.900. The molecule has 1 N–H and O–H groups in total. The lowest BCUT2D eigenvalue weighted by Gasteiger charge is -2.24. The van der Waals surface area contributed by atoms with Gasteiger partial charge in [-0.3, -0.25) is 0 Å². The van der Waals surface area contributed by atoms with Gasteiger partial charge in [0.15, 0.2) is 0 Å². The molecule has 0 saturated carbocycles. The Kier molecular flexibility index (Phi) is 4.34. The van der Waals surface area contributed by atoms with Crippen molar-refractivity contribution in [1.29, 1.82) is 0 Å². The molecule has 1 atom stereocenters. The van der Waals surface area contributed by atoms with Gasteiger partial charge < -0.3 is 14.8 Å². The van der Waals surface area contributed by atoms with Crippen LogP contribution in [-0.4, -0.2) is 46.0 Å². The molecule has 2 heterocycles. The van der Waals surface area contributed by atoms with Crippen LogP contribution in [0.5, 0.6) is 0 Å². The van der Waals surface area contributed by atoms with E-state index < -0.39 is 18.5 Å². The SMILES string of the molecule is Cn1cnc(CCNC(=O)N2CCC[C@H]2C(F)F)c1. The fraction of sp³-hybridized carbons (Fsp3) is 0.667. The van der Waals surface area contributed by atoms with Crippen LogP contribution in [0.25, 0.3) is 0 Å². The van der Waals surface area contributed by atoms with Crippen LogP contribution in [0.2, 0.25) is 0 Å². The Morgan fingerprint density at radius 1 is 1.63 bits per heavy atom. The Bertz CT molecular complexity index is 435. The molecule has 1 saturated heterocycles. The molecule has 1 aliphatic heterocycles. The highest BCUT2D eigenvalue weighted by molar-refractivity contribution is 5.74. The van der Waals surface area contributed by atoms with Gasteiger partial charge in [-0.15, -0.1) is 0 Å². The number of aromatic nitrogens is 2. The number of likely N-dealkylation sites (tertiary alicyclic amines) is 1. The minimum atomic E-state index is -2.47. The molecule has 0 radical (unpaired) electrons. The third-order valence-corrected chi connectivity index (χ3v) is 3.27. The molecule has 1 aromatic rings. The summed E-state index contributed by atoms with van der Waals surface area (Å²) in [4.78, 5) is 17.2. The second-order valence-corrected chi connectivity index (χ2v) is 4.75. The average molecular weight is 272 g/mol. The maximum absolute atomic E-state index is 12.7. The standard InChI is InChI=1S/C12H18F2N4O/c1-17-7-9(16-8-17)4-5-15-12(19)18-6-2-3-10(18)11(13)14/h7-8,10-11H,2-6H2,1H3,(H,15,19)/t10-/m0/s1. The number of hydrogen-bond acceptors (Lipinski definition) is 2. The number of nitrogens with zero attached hydrogens (tertiary/aromatic N) is 3. The topological polar surface area (TPSA) is 50.2 Å². The summed E-state index contributed by atoms with van der Waals surface area (Å²) in [6.07, 6.45) is 2.70. The average Bonchev–Trinajstić information content (AvgIpc) is 2.97. The summed E-state index contributed by atoms with van der Waals surface area (Å²) in [6.45, 7) is 0.812. The first-order valence-corrected chi connectivity index (χ1v) is 6.37. The Hall–Kier alpha value is -1.66. The van der Waals surface area contributed by atoms with Crippen molar-refractivity contribution in [2.75, 3.05) is 13.1 Å². The van der Waals surface area contributed by atoms with Gasteiger partial charge in [0.25, 0.3) is 6.43 Å². The zero-order valence-corrected chi connectivity index (χ0v) is 10.9. The first kappa shape index (κ1) is 13.8. The lowest BCUT2D eigenvalue weighted by atomic mass is 10.2. The Balaban J connectivity index is 1.78. The number of carbonyl (C=O) groups excluding carboxylic acids is 1. The number of alkyl halides is 2. The number of carbonyl (C=O) groups is 1. The highest BCUT2D eigenvalue weighted by Gasteiger charge is 2.34. The van der Waals surface area contributed by atoms with E-state index in [4.69, 9.17) is 0 Å². The third-order valence-electron chi connectivity index (χ3n) is 3.27. The van der Waals surface area contributed by atoms with Crippen molar-refractivity contribution in [3.05, 3.63) is 18.2 Å². The van der Waals surface area contributed by atoms with Crippen LogP contribution in [0.1, 0.15) is 18.5 Å². The minimum Gasteiger partial charge on any atom is -0.340 e. The number of nitrogens with one attached hydrogen (secondary N) is 1. The molecule has 2 amide bonds. The predicted octanol–water partition coefficient (Wildman–Crippen LogP) is 1.40. The fourth-order valence-electron chi connectivity index (χ4n) is 2.30. The Labute approximate surface area is 110 Å². The van der Waals surface area contributed by atoms with Crippen LogP contribution < -0.4 is 5.32 Å². The van der Waals surface area contributed by atoms with Crippen molar-refractivity contribution in [3.63, 3.8) is 0 Å². The molecule has 106 valence electrons. The van der Waals surface area contributed by atoms with Gasteiger partial charge in [-0.1, -0.05) is 0 Å². The van der Waals surface area contributed by atoms with Crippen LogP contribution in [0.15, 0.2) is 12.5 Å². The van der Waals surface area contributed by atoms with E-state index in [-0.39, 0.29) is 0 Å². The van der Waals surface area contributed by atoms with Crippen LogP contribution in [-0.2, 0) is 13.5 Å². The molecule has 19 heavy (non-hydrogen) atoms. The zero-order chi connectivity index (χ0) is 13.8. The first-order valence-electron chi connectivity index (χ1n) is 6.37. The number of imidazole rings is 1. The Morgan fingerprint density at radius 2 is 2.42 bits per heavy atom. The molecule has 0 bridgehead atoms. The number of aryl methyl sites for hydroxylation is 1. The zero-order valence-electron chi connectivity index (χ0n) is 10.9. The molecule has 0 aromatic carbocycles. The summed E-state index contributed by atoms with van der Waals surface area (Å²) in [5, 5.41) is 2.67. The van der Waals surface area contributed by atoms with Crippen molar-refractivity contribution in [2.45, 2.75) is 31.7 Å². The Morgan fingerprint density at radius 3 is 3.05 bits per heavy atom. The van der Waals surface area contributed by atoms with E-state index in [1.165, 1.54) is 4.90 Å². The summed E-state index contributed by atoms with van der Waals surface area (Å²) < 4.78 is 27.2. The highest BCUT2D eigenvalue weighted by atomic mass is 19.3. The molecule has 7 heteroatoms. The summed E-state index contributed by atoms with van der Waals surface area (Å²) >= 11 is 0. The molecule has 2 rings (SSSR count). The predicted molar refractivity (Wildman–Crippen MR) is 66.0 cm³/mol. The van der Waals surface area contributed by atoms with Crippen LogP contribution in [0, 0.1) is 0 Å². The van der Waals surface area contributed by atoms with E-state index in [9.17, 15) is 13.6 Å². The van der Waals surface area contributed by atoms with Crippen molar-refractivity contribution in [1.82, 2.24) is 19.8 Å². The largest absolute Gasteiger partial charge is 0.340 e. The van der Waals surface area contributed by atoms with Crippen LogP contribution in [0.4, 0.5) is 13.6 Å². The van der Waals surface area contributed by atoms with Gasteiger partial charge in [0.2, 0.25) is 0 Å². The molecule has 1 fully saturated rings. The number of urea groups is 1. The third kappa shape index (κ3) is 3.42. The number of amides is 2. The number of rotatable bonds is 4. The van der Waals surface area contributed by atoms with Crippen LogP contribution in [0.3, 0.4) is 0 Å². The van der Waals surface area contributed by atoms with Crippen molar-refractivity contribution >= 4 is 6.03 Å². The van der Waals surface area contributed by atoms with Gasteiger partial charge in [0.05, 0.1) is 18.1 Å². The van der Waals surface area contributed by atoms with Crippen molar-refractivity contribution in [2.24, 2.45) is 7.05 Å². The summed E-state index contributed by atoms with van der Waals surface area (Å²) in [6, 6.07) is -1.34. The lowest BCUT2D eigenvalue weighted by molar-refractivity contribution is 0.0608. The molecule has 1 aliphatic rings. The minimum absolute atomic E-state index is 0.380. The van der Waals surface area contributed by atoms with Crippen molar-refractivity contribution < 1.29 is 13.6 Å². The molecule has 0 unspecified atom stereocenters. The van der Waals surface area contributed by atoms with E-state index in [2.05, 4.69) is 10.3 Å². The van der Waals surface area contributed by atoms with E-state index in [0.717, 1.165) is 5.69 Å². The van der Waals surface area contributed by atoms with Gasteiger partial charge in [-0.25, -0.2) is 18.6 Å². The van der Waals surface area contributed by atoms with Gasteiger partial charge in [0, 0.05) is 32.8 Å². The molecule has 5 nitrogen and oxygen atoms in total. The molecular weight excluding hydrogens is 254 g/mol. The first-order chi connectivity index (χ1) is 9.08. The maximum Gasteiger partial charge on any atom is 0.317 e. The summed E-state index contributed by atoms with van der Waals surface area (Å²) in [5.74, 6) is 0. The highest BCUT2D eigenvalue weighted by Crippen LogP contribution is 2.22.